The maximum Gasteiger partial charge on any atom is 0.223 e. The second-order valence-corrected chi connectivity index (χ2v) is 4.91. The molecule has 3 atom stereocenters. The number of ether oxygens (including phenoxy) is 1. The Labute approximate surface area is 119 Å². The van der Waals surface area contributed by atoms with Crippen LogP contribution in [0.15, 0.2) is 12.3 Å². The highest BCUT2D eigenvalue weighted by Crippen LogP contribution is 2.38. The van der Waals surface area contributed by atoms with Crippen molar-refractivity contribution in [3.8, 4) is 6.07 Å². The van der Waals surface area contributed by atoms with E-state index in [0.29, 0.717) is 11.0 Å². The average Bonchev–Trinajstić information content (AvgIpc) is 3.00. The van der Waals surface area contributed by atoms with Gasteiger partial charge < -0.3 is 31.0 Å². The summed E-state index contributed by atoms with van der Waals surface area (Å²) in [4.78, 5) is 7.97. The van der Waals surface area contributed by atoms with E-state index in [9.17, 15) is 10.2 Å². The summed E-state index contributed by atoms with van der Waals surface area (Å²) in [6, 6.07) is 3.52. The van der Waals surface area contributed by atoms with Crippen molar-refractivity contribution in [3.05, 3.63) is 12.3 Å². The Morgan fingerprint density at radius 3 is 2.90 bits per heavy atom. The summed E-state index contributed by atoms with van der Waals surface area (Å²) in [6.45, 7) is -0.598. The first kappa shape index (κ1) is 13.6. The molecule has 1 aliphatic rings. The van der Waals surface area contributed by atoms with Gasteiger partial charge in [-0.15, -0.1) is 0 Å². The number of nitrogens with two attached hydrogens (primary N) is 2. The molecule has 9 nitrogen and oxygen atoms in total. The molecule has 0 bridgehead atoms. The standard InChI is InChI=1S/C12H14N6O3/c13-4-12(5-19)7(20)3-8(21-12)18-2-1-6-9(14)16-11(15)17-10(6)18/h1-2,7-8,19-20H,3,5H2,(H4,14,15,16,17)/t7-,8+,12+/m0/s1. The molecule has 0 radical (unpaired) electrons. The predicted octanol–water partition coefficient (Wildman–Crippen LogP) is -0.870. The Kier molecular flexibility index (Phi) is 2.94. The molecule has 3 heterocycles. The van der Waals surface area contributed by atoms with E-state index in [1.54, 1.807) is 16.8 Å². The monoisotopic (exact) mass is 290 g/mol. The first-order valence-electron chi connectivity index (χ1n) is 6.28. The maximum atomic E-state index is 9.99. The van der Waals surface area contributed by atoms with Gasteiger partial charge in [-0.05, 0) is 6.07 Å². The lowest BCUT2D eigenvalue weighted by molar-refractivity contribution is -0.0903. The van der Waals surface area contributed by atoms with E-state index in [0.717, 1.165) is 0 Å². The van der Waals surface area contributed by atoms with Crippen LogP contribution >= 0.6 is 0 Å². The third-order valence-electron chi connectivity index (χ3n) is 3.66. The zero-order chi connectivity index (χ0) is 15.2. The van der Waals surface area contributed by atoms with E-state index < -0.39 is 24.5 Å². The van der Waals surface area contributed by atoms with Crippen LogP contribution in [-0.4, -0.2) is 43.1 Å². The van der Waals surface area contributed by atoms with Gasteiger partial charge in [-0.3, -0.25) is 0 Å². The lowest BCUT2D eigenvalue weighted by atomic mass is 10.00. The van der Waals surface area contributed by atoms with Crippen LogP contribution in [0.1, 0.15) is 12.6 Å². The minimum atomic E-state index is -1.63. The third-order valence-corrected chi connectivity index (χ3v) is 3.66. The van der Waals surface area contributed by atoms with Crippen molar-refractivity contribution >= 4 is 22.8 Å². The third kappa shape index (κ3) is 1.89. The molecule has 0 aliphatic carbocycles. The van der Waals surface area contributed by atoms with Crippen molar-refractivity contribution in [2.75, 3.05) is 18.1 Å². The molecule has 0 saturated carbocycles. The number of fused-ring (bicyclic) bond motifs is 1. The normalized spacial score (nSPS) is 28.8. The van der Waals surface area contributed by atoms with E-state index in [-0.39, 0.29) is 18.2 Å². The van der Waals surface area contributed by atoms with Crippen LogP contribution in [-0.2, 0) is 4.74 Å². The predicted molar refractivity (Wildman–Crippen MR) is 72.5 cm³/mol. The van der Waals surface area contributed by atoms with Gasteiger partial charge in [-0.25, -0.2) is 0 Å². The summed E-state index contributed by atoms with van der Waals surface area (Å²) in [6.07, 6.45) is 0.0449. The number of aliphatic hydroxyl groups is 2. The van der Waals surface area contributed by atoms with E-state index in [2.05, 4.69) is 9.97 Å². The van der Waals surface area contributed by atoms with E-state index in [1.807, 2.05) is 6.07 Å². The van der Waals surface area contributed by atoms with Gasteiger partial charge in [0.15, 0.2) is 0 Å². The Bertz CT molecular complexity index is 738. The molecule has 2 aromatic rings. The minimum Gasteiger partial charge on any atom is -0.392 e. The summed E-state index contributed by atoms with van der Waals surface area (Å²) in [7, 11) is 0. The van der Waals surface area contributed by atoms with Crippen molar-refractivity contribution in [2.45, 2.75) is 24.4 Å². The van der Waals surface area contributed by atoms with Gasteiger partial charge in [0.05, 0.1) is 12.0 Å². The fraction of sp³-hybridized carbons (Fsp3) is 0.417. The molecule has 0 aromatic carbocycles. The molecule has 0 amide bonds. The molecule has 2 aromatic heterocycles. The van der Waals surface area contributed by atoms with Gasteiger partial charge in [0, 0.05) is 12.6 Å². The molecule has 0 unspecified atom stereocenters. The van der Waals surface area contributed by atoms with Crippen molar-refractivity contribution < 1.29 is 14.9 Å². The second kappa shape index (κ2) is 4.56. The zero-order valence-electron chi connectivity index (χ0n) is 11.0. The molecule has 6 N–H and O–H groups in total. The SMILES string of the molecule is N#C[C@]1(CO)O[C@@H](n2ccc3c(N)nc(N)nc32)C[C@@H]1O. The van der Waals surface area contributed by atoms with Crippen molar-refractivity contribution in [3.63, 3.8) is 0 Å². The van der Waals surface area contributed by atoms with Gasteiger partial charge in [-0.2, -0.15) is 15.2 Å². The topological polar surface area (TPSA) is 156 Å². The van der Waals surface area contributed by atoms with E-state index in [4.69, 9.17) is 21.5 Å². The lowest BCUT2D eigenvalue weighted by Crippen LogP contribution is -2.41. The molecule has 1 saturated heterocycles. The molecular formula is C12H14N6O3. The van der Waals surface area contributed by atoms with Crippen molar-refractivity contribution in [1.82, 2.24) is 14.5 Å². The quantitative estimate of drug-likeness (QED) is 0.556. The van der Waals surface area contributed by atoms with Crippen LogP contribution in [0.5, 0.6) is 0 Å². The Morgan fingerprint density at radius 2 is 2.29 bits per heavy atom. The Balaban J connectivity index is 2.05. The highest BCUT2D eigenvalue weighted by atomic mass is 16.6. The number of rotatable bonds is 2. The summed E-state index contributed by atoms with van der Waals surface area (Å²) in [5.74, 6) is 0.260. The van der Waals surface area contributed by atoms with Gasteiger partial charge in [0.2, 0.25) is 11.5 Å². The number of nitrogen functional groups attached to an aromatic ring is 2. The molecule has 1 fully saturated rings. The average molecular weight is 290 g/mol. The summed E-state index contributed by atoms with van der Waals surface area (Å²) in [5.41, 5.74) is 10.2. The zero-order valence-corrected chi connectivity index (χ0v) is 11.0. The maximum absolute atomic E-state index is 9.99. The van der Waals surface area contributed by atoms with E-state index in [1.165, 1.54) is 0 Å². The summed E-state index contributed by atoms with van der Waals surface area (Å²) >= 11 is 0. The van der Waals surface area contributed by atoms with Crippen LogP contribution < -0.4 is 11.5 Å². The number of hydrogen-bond acceptors (Lipinski definition) is 8. The minimum absolute atomic E-state index is 0.0206. The first-order chi connectivity index (χ1) is 10.0. The van der Waals surface area contributed by atoms with Crippen molar-refractivity contribution in [1.29, 1.82) is 5.26 Å². The highest BCUT2D eigenvalue weighted by Gasteiger charge is 2.49. The van der Waals surface area contributed by atoms with Gasteiger partial charge in [0.1, 0.15) is 29.9 Å². The largest absolute Gasteiger partial charge is 0.392 e. The van der Waals surface area contributed by atoms with Gasteiger partial charge in [-0.1, -0.05) is 0 Å². The molecule has 9 heteroatoms. The Morgan fingerprint density at radius 1 is 1.52 bits per heavy atom. The van der Waals surface area contributed by atoms with Crippen LogP contribution in [0.2, 0.25) is 0 Å². The number of aromatic nitrogens is 3. The molecule has 3 rings (SSSR count). The summed E-state index contributed by atoms with van der Waals surface area (Å²) in [5, 5.41) is 29.0. The molecule has 1 aliphatic heterocycles. The smallest absolute Gasteiger partial charge is 0.223 e. The number of anilines is 2. The van der Waals surface area contributed by atoms with Crippen LogP contribution in [0.3, 0.4) is 0 Å². The fourth-order valence-corrected chi connectivity index (χ4v) is 2.51. The fourth-order valence-electron chi connectivity index (χ4n) is 2.51. The Hall–Kier alpha value is -2.41. The summed E-state index contributed by atoms with van der Waals surface area (Å²) < 4.78 is 7.16. The first-order valence-corrected chi connectivity index (χ1v) is 6.28. The number of hydrogen-bond donors (Lipinski definition) is 4. The van der Waals surface area contributed by atoms with Gasteiger partial charge in [0.25, 0.3) is 0 Å². The molecular weight excluding hydrogens is 276 g/mol. The van der Waals surface area contributed by atoms with E-state index >= 15 is 0 Å². The van der Waals surface area contributed by atoms with Crippen LogP contribution in [0, 0.1) is 11.3 Å². The molecule has 21 heavy (non-hydrogen) atoms. The van der Waals surface area contributed by atoms with Crippen molar-refractivity contribution in [2.24, 2.45) is 0 Å². The molecule has 0 spiro atoms. The number of nitrogens with zero attached hydrogens (tertiary/aromatic N) is 4. The molecule has 110 valence electrons. The number of nitriles is 1. The lowest BCUT2D eigenvalue weighted by Gasteiger charge is -2.21. The highest BCUT2D eigenvalue weighted by molar-refractivity contribution is 5.87. The van der Waals surface area contributed by atoms with Crippen LogP contribution in [0.4, 0.5) is 11.8 Å². The van der Waals surface area contributed by atoms with Gasteiger partial charge >= 0.3 is 0 Å². The van der Waals surface area contributed by atoms with Crippen LogP contribution in [0.25, 0.3) is 11.0 Å². The second-order valence-electron chi connectivity index (χ2n) is 4.91. The number of aliphatic hydroxyl groups excluding tert-OH is 2.